The number of benzene rings is 1. The summed E-state index contributed by atoms with van der Waals surface area (Å²) < 4.78 is 0. The molecule has 1 aromatic heterocycles. The molecule has 1 heterocycles. The molecule has 1 aliphatic carbocycles. The van der Waals surface area contributed by atoms with Crippen LogP contribution < -0.4 is 10.9 Å². The van der Waals surface area contributed by atoms with Crippen molar-refractivity contribution < 1.29 is 10.2 Å². The summed E-state index contributed by atoms with van der Waals surface area (Å²) in [5, 5.41) is 24.6. The lowest BCUT2D eigenvalue weighted by Gasteiger charge is -2.31. The van der Waals surface area contributed by atoms with Gasteiger partial charge in [0.25, 0.3) is 0 Å². The molecule has 4 N–H and O–H groups in total. The molecular formula is C27H43N3O3. The van der Waals surface area contributed by atoms with Gasteiger partial charge in [-0.2, -0.15) is 0 Å². The van der Waals surface area contributed by atoms with Crippen LogP contribution >= 0.6 is 0 Å². The third-order valence-corrected chi connectivity index (χ3v) is 7.17. The van der Waals surface area contributed by atoms with Crippen molar-refractivity contribution in [3.63, 3.8) is 0 Å². The van der Waals surface area contributed by atoms with E-state index in [1.807, 2.05) is 0 Å². The molecule has 6 nitrogen and oxygen atoms in total. The molecule has 0 aliphatic heterocycles. The fourth-order valence-corrected chi connectivity index (χ4v) is 5.10. The lowest BCUT2D eigenvalue weighted by Crippen LogP contribution is -2.34. The van der Waals surface area contributed by atoms with Crippen molar-refractivity contribution in [2.24, 2.45) is 0 Å². The molecule has 2 aromatic rings. The van der Waals surface area contributed by atoms with Crippen molar-refractivity contribution in [3.8, 4) is 5.75 Å². The highest BCUT2D eigenvalue weighted by Crippen LogP contribution is 2.28. The second-order valence-corrected chi connectivity index (χ2v) is 9.75. The van der Waals surface area contributed by atoms with Gasteiger partial charge in [-0.25, -0.2) is 0 Å². The molecule has 0 bridgehead atoms. The Bertz CT molecular complexity index is 892. The van der Waals surface area contributed by atoms with E-state index in [2.05, 4.69) is 22.2 Å². The summed E-state index contributed by atoms with van der Waals surface area (Å²) in [5.41, 5.74) is 0.815. The monoisotopic (exact) mass is 457 g/mol. The van der Waals surface area contributed by atoms with Gasteiger partial charge in [0.05, 0.1) is 11.6 Å². The number of aromatic hydroxyl groups is 1. The molecule has 1 atom stereocenters. The molecule has 0 amide bonds. The van der Waals surface area contributed by atoms with E-state index >= 15 is 0 Å². The Labute approximate surface area is 198 Å². The second kappa shape index (κ2) is 13.7. The van der Waals surface area contributed by atoms with Gasteiger partial charge in [0.15, 0.2) is 0 Å². The van der Waals surface area contributed by atoms with Crippen molar-refractivity contribution in [1.82, 2.24) is 15.2 Å². The van der Waals surface area contributed by atoms with Crippen molar-refractivity contribution in [2.45, 2.75) is 89.2 Å². The number of nitrogens with one attached hydrogen (secondary N) is 2. The molecule has 0 radical (unpaired) electrons. The molecule has 1 aliphatic rings. The summed E-state index contributed by atoms with van der Waals surface area (Å²) in [6, 6.07) is 7.14. The number of aromatic nitrogens is 1. The predicted octanol–water partition coefficient (Wildman–Crippen LogP) is 4.85. The van der Waals surface area contributed by atoms with Crippen LogP contribution in [0.3, 0.4) is 0 Å². The number of rotatable bonds is 14. The van der Waals surface area contributed by atoms with Crippen LogP contribution in [0.25, 0.3) is 10.9 Å². The molecule has 0 saturated heterocycles. The number of pyridine rings is 1. The number of hydrogen-bond acceptors (Lipinski definition) is 5. The Morgan fingerprint density at radius 2 is 1.70 bits per heavy atom. The maximum atomic E-state index is 11.5. The van der Waals surface area contributed by atoms with E-state index in [0.29, 0.717) is 23.0 Å². The van der Waals surface area contributed by atoms with Gasteiger partial charge in [0.2, 0.25) is 5.56 Å². The highest BCUT2D eigenvalue weighted by molar-refractivity contribution is 5.87. The largest absolute Gasteiger partial charge is 0.506 e. The van der Waals surface area contributed by atoms with Gasteiger partial charge in [0, 0.05) is 24.0 Å². The van der Waals surface area contributed by atoms with Gasteiger partial charge in [-0.3, -0.25) is 4.79 Å². The highest BCUT2D eigenvalue weighted by atomic mass is 16.3. The first-order valence-corrected chi connectivity index (χ1v) is 13.0. The molecule has 3 rings (SSSR count). The van der Waals surface area contributed by atoms with Gasteiger partial charge >= 0.3 is 0 Å². The first-order valence-electron chi connectivity index (χ1n) is 13.0. The van der Waals surface area contributed by atoms with Crippen LogP contribution in [0.1, 0.15) is 88.7 Å². The summed E-state index contributed by atoms with van der Waals surface area (Å²) in [6.07, 6.45) is 15.3. The van der Waals surface area contributed by atoms with Crippen LogP contribution in [0.4, 0.5) is 0 Å². The Balaban J connectivity index is 1.22. The van der Waals surface area contributed by atoms with Crippen LogP contribution in [0, 0.1) is 0 Å². The van der Waals surface area contributed by atoms with E-state index in [1.54, 1.807) is 12.1 Å². The predicted molar refractivity (Wildman–Crippen MR) is 136 cm³/mol. The molecule has 33 heavy (non-hydrogen) atoms. The number of phenols is 1. The van der Waals surface area contributed by atoms with Crippen molar-refractivity contribution in [3.05, 3.63) is 40.2 Å². The smallest absolute Gasteiger partial charge is 0.248 e. The van der Waals surface area contributed by atoms with Crippen LogP contribution in [-0.4, -0.2) is 52.8 Å². The van der Waals surface area contributed by atoms with Gasteiger partial charge in [-0.1, -0.05) is 57.4 Å². The summed E-state index contributed by atoms with van der Waals surface area (Å²) in [6.45, 7) is 2.59. The fraction of sp³-hybridized carbons (Fsp3) is 0.667. The van der Waals surface area contributed by atoms with Crippen LogP contribution in [0.2, 0.25) is 0 Å². The zero-order chi connectivity index (χ0) is 23.5. The second-order valence-electron chi connectivity index (χ2n) is 9.75. The van der Waals surface area contributed by atoms with Crippen LogP contribution in [0.5, 0.6) is 5.75 Å². The molecule has 6 heteroatoms. The van der Waals surface area contributed by atoms with Crippen molar-refractivity contribution >= 4 is 10.9 Å². The molecule has 1 fully saturated rings. The number of aliphatic hydroxyl groups excluding tert-OH is 1. The van der Waals surface area contributed by atoms with Gasteiger partial charge in [-0.15, -0.1) is 0 Å². The third kappa shape index (κ3) is 8.13. The molecule has 1 aromatic carbocycles. The van der Waals surface area contributed by atoms with E-state index in [1.165, 1.54) is 89.3 Å². The SMILES string of the molecule is CN(CCCCCCCCCNC[C@H](O)c1ccc(O)c2[nH]c(=O)ccc12)C1CCCCC1. The summed E-state index contributed by atoms with van der Waals surface area (Å²) >= 11 is 0. The third-order valence-electron chi connectivity index (χ3n) is 7.17. The van der Waals surface area contributed by atoms with E-state index in [4.69, 9.17) is 0 Å². The maximum absolute atomic E-state index is 11.5. The average Bonchev–Trinajstić information content (AvgIpc) is 2.83. The highest BCUT2D eigenvalue weighted by Gasteiger charge is 2.17. The minimum atomic E-state index is -0.689. The minimum Gasteiger partial charge on any atom is -0.506 e. The first-order chi connectivity index (χ1) is 16.1. The standard InChI is InChI=1S/C27H43N3O3/c1-30(21-12-8-7-9-13-21)19-11-6-4-2-3-5-10-18-28-20-25(32)22-14-16-24(31)27-23(22)15-17-26(33)29-27/h14-17,21,25,28,31-32H,2-13,18-20H2,1H3,(H,29,33)/t25-/m0/s1. The number of hydrogen-bond donors (Lipinski definition) is 4. The lowest BCUT2D eigenvalue weighted by molar-refractivity contribution is 0.176. The summed E-state index contributed by atoms with van der Waals surface area (Å²) in [7, 11) is 2.31. The zero-order valence-corrected chi connectivity index (χ0v) is 20.3. The minimum absolute atomic E-state index is 0.0165. The fourth-order valence-electron chi connectivity index (χ4n) is 5.10. The Morgan fingerprint density at radius 3 is 2.45 bits per heavy atom. The van der Waals surface area contributed by atoms with Gasteiger partial charge in [0.1, 0.15) is 5.75 Å². The number of fused-ring (bicyclic) bond motifs is 1. The first kappa shape index (κ1) is 25.7. The lowest BCUT2D eigenvalue weighted by atomic mass is 9.94. The van der Waals surface area contributed by atoms with Crippen LogP contribution in [-0.2, 0) is 0 Å². The van der Waals surface area contributed by atoms with E-state index < -0.39 is 6.10 Å². The number of aromatic amines is 1. The quantitative estimate of drug-likeness (QED) is 0.305. The Kier molecular flexibility index (Phi) is 10.7. The zero-order valence-electron chi connectivity index (χ0n) is 20.3. The number of aliphatic hydroxyl groups is 1. The summed E-state index contributed by atoms with van der Waals surface area (Å²) in [5.74, 6) is 0.0165. The molecule has 0 spiro atoms. The van der Waals surface area contributed by atoms with Gasteiger partial charge in [-0.05, 0) is 63.5 Å². The normalized spacial score (nSPS) is 16.0. The average molecular weight is 458 g/mol. The maximum Gasteiger partial charge on any atom is 0.248 e. The Morgan fingerprint density at radius 1 is 1.00 bits per heavy atom. The van der Waals surface area contributed by atoms with Crippen molar-refractivity contribution in [1.29, 1.82) is 0 Å². The number of phenolic OH excluding ortho intramolecular Hbond substituents is 1. The van der Waals surface area contributed by atoms with E-state index in [-0.39, 0.29) is 11.3 Å². The van der Waals surface area contributed by atoms with Crippen molar-refractivity contribution in [2.75, 3.05) is 26.7 Å². The topological polar surface area (TPSA) is 88.6 Å². The molecular weight excluding hydrogens is 414 g/mol. The molecule has 1 saturated carbocycles. The summed E-state index contributed by atoms with van der Waals surface area (Å²) in [4.78, 5) is 16.8. The molecule has 184 valence electrons. The van der Waals surface area contributed by atoms with E-state index in [0.717, 1.165) is 19.0 Å². The molecule has 0 unspecified atom stereocenters. The Hall–Kier alpha value is -1.89. The van der Waals surface area contributed by atoms with E-state index in [9.17, 15) is 15.0 Å². The van der Waals surface area contributed by atoms with Crippen LogP contribution in [0.15, 0.2) is 29.1 Å². The number of H-pyrrole nitrogens is 1. The number of nitrogens with zero attached hydrogens (tertiary/aromatic N) is 1. The number of unbranched alkanes of at least 4 members (excludes halogenated alkanes) is 6. The van der Waals surface area contributed by atoms with Gasteiger partial charge < -0.3 is 25.4 Å².